The van der Waals surface area contributed by atoms with Crippen LogP contribution in [0.25, 0.3) is 0 Å². The Hall–Kier alpha value is -0.353. The van der Waals surface area contributed by atoms with Crippen LogP contribution in [0, 0.1) is 0 Å². The maximum Gasteiger partial charge on any atom is 0.221 e. The lowest BCUT2D eigenvalue weighted by atomic mass is 10.4. The van der Waals surface area contributed by atoms with E-state index in [2.05, 4.69) is 29.9 Å². The van der Waals surface area contributed by atoms with Gasteiger partial charge in [0.2, 0.25) is 5.91 Å². The number of carbonyl (C=O) groups is 1. The van der Waals surface area contributed by atoms with Gasteiger partial charge in [-0.3, -0.25) is 4.79 Å². The second-order valence-electron chi connectivity index (χ2n) is 4.94. The Labute approximate surface area is 81.5 Å². The lowest BCUT2D eigenvalue weighted by Gasteiger charge is -2.26. The van der Waals surface area contributed by atoms with Crippen LogP contribution in [0.5, 0.6) is 0 Å². The van der Waals surface area contributed by atoms with Crippen molar-refractivity contribution in [2.45, 2.75) is 26.1 Å². The van der Waals surface area contributed by atoms with Crippen LogP contribution in [0.3, 0.4) is 0 Å². The van der Waals surface area contributed by atoms with E-state index in [0.29, 0.717) is 6.42 Å². The molecular formula is C9H20N2OSi. The maximum absolute atomic E-state index is 11.1. The fraction of sp³-hybridized carbons (Fsp3) is 0.889. The molecule has 3 nitrogen and oxygen atoms in total. The molecule has 0 atom stereocenters. The lowest BCUT2D eigenvalue weighted by Crippen LogP contribution is -2.41. The zero-order valence-electron chi connectivity index (χ0n) is 8.89. The summed E-state index contributed by atoms with van der Waals surface area (Å²) in [7, 11) is -1.00. The summed E-state index contributed by atoms with van der Waals surface area (Å²) in [6.45, 7) is 9.89. The molecule has 0 spiro atoms. The highest BCUT2D eigenvalue weighted by Gasteiger charge is 2.20. The van der Waals surface area contributed by atoms with Gasteiger partial charge in [-0.15, -0.1) is 0 Å². The SMILES string of the molecule is C[Si](C)(C)CN1CCNC(=O)CC1. The van der Waals surface area contributed by atoms with Crippen molar-refractivity contribution in [3.63, 3.8) is 0 Å². The molecule has 0 aliphatic carbocycles. The Morgan fingerprint density at radius 3 is 2.69 bits per heavy atom. The summed E-state index contributed by atoms with van der Waals surface area (Å²) in [5.74, 6) is 0.207. The number of amides is 1. The molecule has 0 aromatic heterocycles. The minimum Gasteiger partial charge on any atom is -0.355 e. The number of nitrogens with zero attached hydrogens (tertiary/aromatic N) is 1. The highest BCUT2D eigenvalue weighted by molar-refractivity contribution is 6.76. The van der Waals surface area contributed by atoms with E-state index in [1.165, 1.54) is 6.17 Å². The summed E-state index contributed by atoms with van der Waals surface area (Å²) < 4.78 is 0. The quantitative estimate of drug-likeness (QED) is 0.665. The molecule has 0 bridgehead atoms. The van der Waals surface area contributed by atoms with Crippen molar-refractivity contribution in [2.24, 2.45) is 0 Å². The molecule has 0 saturated carbocycles. The van der Waals surface area contributed by atoms with E-state index in [4.69, 9.17) is 0 Å². The third-order valence-corrected chi connectivity index (χ3v) is 3.50. The van der Waals surface area contributed by atoms with E-state index in [9.17, 15) is 4.79 Å². The molecule has 4 heteroatoms. The Balaban J connectivity index is 2.38. The van der Waals surface area contributed by atoms with Gasteiger partial charge in [-0.1, -0.05) is 19.6 Å². The number of rotatable bonds is 2. The number of hydrogen-bond donors (Lipinski definition) is 1. The molecule has 1 aliphatic rings. The lowest BCUT2D eigenvalue weighted by molar-refractivity contribution is -0.120. The van der Waals surface area contributed by atoms with Crippen molar-refractivity contribution in [3.05, 3.63) is 0 Å². The maximum atomic E-state index is 11.1. The number of nitrogens with one attached hydrogen (secondary N) is 1. The first-order chi connectivity index (χ1) is 5.97. The zero-order chi connectivity index (χ0) is 9.90. The summed E-state index contributed by atoms with van der Waals surface area (Å²) >= 11 is 0. The molecule has 1 saturated heterocycles. The van der Waals surface area contributed by atoms with Gasteiger partial charge in [0.05, 0.1) is 8.07 Å². The van der Waals surface area contributed by atoms with Crippen LogP contribution in [0.2, 0.25) is 19.6 Å². The van der Waals surface area contributed by atoms with Crippen molar-refractivity contribution in [2.75, 3.05) is 25.8 Å². The van der Waals surface area contributed by atoms with E-state index in [1.807, 2.05) is 0 Å². The zero-order valence-corrected chi connectivity index (χ0v) is 9.89. The first-order valence-corrected chi connectivity index (χ1v) is 8.67. The van der Waals surface area contributed by atoms with E-state index in [1.54, 1.807) is 0 Å². The average molecular weight is 200 g/mol. The van der Waals surface area contributed by atoms with Crippen molar-refractivity contribution in [1.82, 2.24) is 10.2 Å². The minimum absolute atomic E-state index is 0.207. The molecule has 1 fully saturated rings. The van der Waals surface area contributed by atoms with Gasteiger partial charge in [-0.25, -0.2) is 0 Å². The molecule has 1 heterocycles. The first-order valence-electron chi connectivity index (χ1n) is 4.96. The molecule has 0 aromatic carbocycles. The highest BCUT2D eigenvalue weighted by Crippen LogP contribution is 2.05. The molecule has 1 amide bonds. The van der Waals surface area contributed by atoms with Crippen LogP contribution in [0.1, 0.15) is 6.42 Å². The van der Waals surface area contributed by atoms with Gasteiger partial charge < -0.3 is 10.2 Å². The van der Waals surface area contributed by atoms with Gasteiger partial charge in [0.1, 0.15) is 0 Å². The highest BCUT2D eigenvalue weighted by atomic mass is 28.3. The van der Waals surface area contributed by atoms with Gasteiger partial charge in [0.15, 0.2) is 0 Å². The monoisotopic (exact) mass is 200 g/mol. The van der Waals surface area contributed by atoms with Crippen LogP contribution in [0.15, 0.2) is 0 Å². The third kappa shape index (κ3) is 4.43. The summed E-state index contributed by atoms with van der Waals surface area (Å²) in [5, 5.41) is 2.90. The predicted molar refractivity (Wildman–Crippen MR) is 57.4 cm³/mol. The standard InChI is InChI=1S/C9H20N2OSi/c1-13(2,3)8-11-6-4-9(12)10-5-7-11/h4-8H2,1-3H3,(H,10,12). The van der Waals surface area contributed by atoms with Crippen LogP contribution in [-0.2, 0) is 4.79 Å². The van der Waals surface area contributed by atoms with Gasteiger partial charge in [-0.2, -0.15) is 0 Å². The van der Waals surface area contributed by atoms with Crippen molar-refractivity contribution >= 4 is 14.0 Å². The molecule has 0 aromatic rings. The molecule has 13 heavy (non-hydrogen) atoms. The normalized spacial score (nSPS) is 21.0. The van der Waals surface area contributed by atoms with E-state index in [-0.39, 0.29) is 5.91 Å². The Morgan fingerprint density at radius 2 is 2.08 bits per heavy atom. The fourth-order valence-electron chi connectivity index (χ4n) is 1.64. The van der Waals surface area contributed by atoms with Gasteiger partial charge >= 0.3 is 0 Å². The Kier molecular flexibility index (Phi) is 3.50. The summed E-state index contributed by atoms with van der Waals surface area (Å²) in [6.07, 6.45) is 1.88. The minimum atomic E-state index is -1.00. The van der Waals surface area contributed by atoms with Crippen molar-refractivity contribution in [1.29, 1.82) is 0 Å². The summed E-state index contributed by atoms with van der Waals surface area (Å²) in [6, 6.07) is 0. The molecule has 1 rings (SSSR count). The second kappa shape index (κ2) is 4.24. The largest absolute Gasteiger partial charge is 0.355 e. The molecule has 0 unspecified atom stereocenters. The van der Waals surface area contributed by atoms with Crippen LogP contribution in [0.4, 0.5) is 0 Å². The summed E-state index contributed by atoms with van der Waals surface area (Å²) in [5.41, 5.74) is 0. The predicted octanol–water partition coefficient (Wildman–Crippen LogP) is 0.686. The van der Waals surface area contributed by atoms with E-state index in [0.717, 1.165) is 19.6 Å². The number of carbonyl (C=O) groups excluding carboxylic acids is 1. The van der Waals surface area contributed by atoms with Crippen LogP contribution in [-0.4, -0.2) is 44.7 Å². The Morgan fingerprint density at radius 1 is 1.38 bits per heavy atom. The average Bonchev–Trinajstić information content (AvgIpc) is 2.12. The first kappa shape index (κ1) is 10.7. The molecule has 0 radical (unpaired) electrons. The number of hydrogen-bond acceptors (Lipinski definition) is 2. The van der Waals surface area contributed by atoms with Crippen LogP contribution >= 0.6 is 0 Å². The van der Waals surface area contributed by atoms with E-state index >= 15 is 0 Å². The Bertz CT molecular complexity index is 189. The molecule has 76 valence electrons. The second-order valence-corrected chi connectivity index (χ2v) is 10.4. The topological polar surface area (TPSA) is 32.3 Å². The summed E-state index contributed by atoms with van der Waals surface area (Å²) in [4.78, 5) is 13.5. The molecule has 1 aliphatic heterocycles. The van der Waals surface area contributed by atoms with Gasteiger partial charge in [-0.05, 0) is 6.17 Å². The smallest absolute Gasteiger partial charge is 0.221 e. The van der Waals surface area contributed by atoms with Crippen molar-refractivity contribution < 1.29 is 4.79 Å². The molecular weight excluding hydrogens is 180 g/mol. The van der Waals surface area contributed by atoms with Crippen LogP contribution < -0.4 is 5.32 Å². The van der Waals surface area contributed by atoms with Gasteiger partial charge in [0, 0.05) is 26.1 Å². The third-order valence-electron chi connectivity index (χ3n) is 2.10. The van der Waals surface area contributed by atoms with E-state index < -0.39 is 8.07 Å². The fourth-order valence-corrected chi connectivity index (χ4v) is 3.30. The van der Waals surface area contributed by atoms with Crippen molar-refractivity contribution in [3.8, 4) is 0 Å². The molecule has 1 N–H and O–H groups in total. The van der Waals surface area contributed by atoms with Gasteiger partial charge in [0.25, 0.3) is 0 Å².